The zero-order valence-electron chi connectivity index (χ0n) is 44.9. The molecule has 4 aromatic heterocycles. The Labute approximate surface area is 492 Å². The molecule has 9 aromatic carbocycles. The topological polar surface area (TPSA) is 73.7 Å². The van der Waals surface area contributed by atoms with Crippen molar-refractivity contribution in [2.45, 2.75) is 13.8 Å². The van der Waals surface area contributed by atoms with Gasteiger partial charge in [-0.05, 0) is 132 Å². The predicted molar refractivity (Wildman–Crippen MR) is 328 cm³/mol. The van der Waals surface area contributed by atoms with Crippen molar-refractivity contribution in [3.8, 4) is 135 Å². The molecule has 0 bridgehead atoms. The summed E-state index contributed by atoms with van der Waals surface area (Å²) in [7, 11) is 0. The number of ether oxygens (including phenoxy) is 1. The first kappa shape index (κ1) is 52.6. The van der Waals surface area contributed by atoms with Crippen LogP contribution in [0.25, 0.3) is 123 Å². The van der Waals surface area contributed by atoms with Crippen molar-refractivity contribution in [3.05, 3.63) is 297 Å². The van der Waals surface area contributed by atoms with Gasteiger partial charge in [-0.25, -0.2) is 0 Å². The smallest absolute Gasteiger partial charge is 0.477 e. The Hall–Kier alpha value is -10.0. The van der Waals surface area contributed by atoms with E-state index in [9.17, 15) is 0 Å². The maximum atomic E-state index is 6.61. The molecule has 82 heavy (non-hydrogen) atoms. The van der Waals surface area contributed by atoms with E-state index in [0.29, 0.717) is 22.9 Å². The van der Waals surface area contributed by atoms with E-state index in [0.717, 1.165) is 112 Å². The summed E-state index contributed by atoms with van der Waals surface area (Å²) in [5.74, 6) is 1.86. The molecule has 0 saturated heterocycles. The average Bonchev–Trinajstić information content (AvgIpc) is 3.55. The Kier molecular flexibility index (Phi) is 15.2. The first-order valence-electron chi connectivity index (χ1n) is 26.9. The van der Waals surface area contributed by atoms with E-state index in [4.69, 9.17) is 24.7 Å². The third-order valence-electron chi connectivity index (χ3n) is 14.4. The SMILES string of the molecule is Cc1cc[c-]c(-c2ccc(-c3ccccc3-c3cc(-c4ccccc4-c4ccc(-c5[c-]ccc(C)c5)nc4)cc(-c4ccccc4-c4cnc(-c5[c-]ccc(Oc6cc(-c7ccccc7)cc(-c7ccccn7)c6)c5)nc4)c3)cn2)c1.[Ir+3]. The normalized spacial score (nSPS) is 11.0. The molecule has 7 heteroatoms. The van der Waals surface area contributed by atoms with Gasteiger partial charge in [-0.1, -0.05) is 153 Å². The van der Waals surface area contributed by atoms with Crippen molar-refractivity contribution in [1.29, 1.82) is 0 Å². The van der Waals surface area contributed by atoms with Crippen molar-refractivity contribution in [2.75, 3.05) is 0 Å². The minimum atomic E-state index is 0. The van der Waals surface area contributed by atoms with E-state index in [-0.39, 0.29) is 20.1 Å². The molecule has 0 fully saturated rings. The van der Waals surface area contributed by atoms with Gasteiger partial charge in [-0.2, -0.15) is 0 Å². The third kappa shape index (κ3) is 11.4. The van der Waals surface area contributed by atoms with E-state index in [1.165, 1.54) is 11.1 Å². The number of aromatic nitrogens is 5. The summed E-state index contributed by atoms with van der Waals surface area (Å²) in [5, 5.41) is 0. The second kappa shape index (κ2) is 23.7. The van der Waals surface area contributed by atoms with Gasteiger partial charge in [0.15, 0.2) is 0 Å². The predicted octanol–water partition coefficient (Wildman–Crippen LogP) is 18.8. The van der Waals surface area contributed by atoms with Gasteiger partial charge in [0.25, 0.3) is 0 Å². The molecule has 0 radical (unpaired) electrons. The molecule has 390 valence electrons. The second-order valence-corrected chi connectivity index (χ2v) is 20.0. The van der Waals surface area contributed by atoms with Crippen LogP contribution >= 0.6 is 0 Å². The van der Waals surface area contributed by atoms with Crippen LogP contribution in [0.1, 0.15) is 11.1 Å². The minimum absolute atomic E-state index is 0. The molecule has 0 spiro atoms. The summed E-state index contributed by atoms with van der Waals surface area (Å²) in [6.45, 7) is 4.18. The van der Waals surface area contributed by atoms with Crippen LogP contribution < -0.4 is 4.74 Å². The van der Waals surface area contributed by atoms with Crippen LogP contribution in [0.5, 0.6) is 11.5 Å². The number of nitrogens with zero attached hydrogens (tertiary/aromatic N) is 5. The fraction of sp³-hybridized carbons (Fsp3) is 0.0267. The number of benzene rings is 9. The molecular formula is C75H50IrN5O. The van der Waals surface area contributed by atoms with E-state index in [2.05, 4.69) is 201 Å². The Bertz CT molecular complexity index is 4170. The van der Waals surface area contributed by atoms with Gasteiger partial charge in [0.2, 0.25) is 0 Å². The van der Waals surface area contributed by atoms with Crippen molar-refractivity contribution < 1.29 is 24.8 Å². The monoisotopic (exact) mass is 1230 g/mol. The maximum Gasteiger partial charge on any atom is 3.00 e. The number of hydrogen-bond acceptors (Lipinski definition) is 6. The first-order chi connectivity index (χ1) is 39.9. The molecule has 0 amide bonds. The molecule has 4 heterocycles. The molecule has 13 rings (SSSR count). The van der Waals surface area contributed by atoms with Crippen molar-refractivity contribution >= 4 is 0 Å². The van der Waals surface area contributed by atoms with Crippen molar-refractivity contribution in [2.24, 2.45) is 0 Å². The van der Waals surface area contributed by atoms with Gasteiger partial charge in [-0.15, -0.1) is 94.5 Å². The Balaban J connectivity index is 0.00000665. The number of aryl methyl sites for hydroxylation is 2. The van der Waals surface area contributed by atoms with Crippen LogP contribution in [0.15, 0.2) is 268 Å². The Morgan fingerprint density at radius 1 is 0.293 bits per heavy atom. The second-order valence-electron chi connectivity index (χ2n) is 20.0. The Morgan fingerprint density at radius 3 is 1.24 bits per heavy atom. The number of hydrogen-bond donors (Lipinski definition) is 0. The summed E-state index contributed by atoms with van der Waals surface area (Å²) < 4.78 is 6.61. The minimum Gasteiger partial charge on any atom is -0.477 e. The molecule has 0 aliphatic rings. The summed E-state index contributed by atoms with van der Waals surface area (Å²) in [5.41, 5.74) is 23.1. The van der Waals surface area contributed by atoms with Crippen LogP contribution in [0.3, 0.4) is 0 Å². The molecule has 13 aromatic rings. The van der Waals surface area contributed by atoms with Gasteiger partial charge in [-0.3, -0.25) is 15.0 Å². The molecule has 0 saturated carbocycles. The van der Waals surface area contributed by atoms with Crippen LogP contribution in [-0.2, 0) is 20.1 Å². The zero-order chi connectivity index (χ0) is 54.5. The fourth-order valence-electron chi connectivity index (χ4n) is 10.5. The summed E-state index contributed by atoms with van der Waals surface area (Å²) >= 11 is 0. The van der Waals surface area contributed by atoms with E-state index < -0.39 is 0 Å². The number of rotatable bonds is 13. The summed E-state index contributed by atoms with van der Waals surface area (Å²) in [4.78, 5) is 24.5. The molecule has 0 atom stereocenters. The van der Waals surface area contributed by atoms with Gasteiger partial charge >= 0.3 is 20.1 Å². The van der Waals surface area contributed by atoms with Crippen LogP contribution in [-0.4, -0.2) is 24.9 Å². The van der Waals surface area contributed by atoms with Gasteiger partial charge < -0.3 is 14.7 Å². The molecule has 0 unspecified atom stereocenters. The quantitative estimate of drug-likeness (QED) is 0.107. The standard InChI is InChI=1S/C75H50N5O.Ir/c1-50-17-14-21-53(37-50)73-34-32-56(46-77-73)66-25-6-8-27-68(66)59-40-60(69-28-9-7-26-67(69)57-33-35-74(78-47-57)54-22-15-18-51(2)38-54)42-61(41-59)70-29-10-11-30-71(70)63-48-79-75(80-49-63)55-23-16-24-64(43-55)81-65-44-58(52-19-4-3-5-20-52)39-62(45-65)72-31-12-13-36-76-72;/h3-20,24-49H,1-2H3;/q-3;+3. The van der Waals surface area contributed by atoms with Crippen molar-refractivity contribution in [1.82, 2.24) is 24.9 Å². The molecule has 6 nitrogen and oxygen atoms in total. The summed E-state index contributed by atoms with van der Waals surface area (Å²) in [6.07, 6.45) is 9.55. The van der Waals surface area contributed by atoms with E-state index in [1.54, 1.807) is 6.20 Å². The Morgan fingerprint density at radius 2 is 0.744 bits per heavy atom. The fourth-order valence-corrected chi connectivity index (χ4v) is 10.5. The first-order valence-corrected chi connectivity index (χ1v) is 26.9. The van der Waals surface area contributed by atoms with Crippen LogP contribution in [0.4, 0.5) is 0 Å². The van der Waals surface area contributed by atoms with E-state index >= 15 is 0 Å². The molecule has 0 aliphatic heterocycles. The maximum absolute atomic E-state index is 6.61. The van der Waals surface area contributed by atoms with Crippen molar-refractivity contribution in [3.63, 3.8) is 0 Å². The summed E-state index contributed by atoms with van der Waals surface area (Å²) in [6, 6.07) is 91.5. The van der Waals surface area contributed by atoms with E-state index in [1.807, 2.05) is 97.6 Å². The third-order valence-corrected chi connectivity index (χ3v) is 14.4. The van der Waals surface area contributed by atoms with Crippen LogP contribution in [0, 0.1) is 32.0 Å². The largest absolute Gasteiger partial charge is 3.00 e. The molecule has 0 N–H and O–H groups in total. The van der Waals surface area contributed by atoms with Gasteiger partial charge in [0.05, 0.1) is 11.5 Å². The van der Waals surface area contributed by atoms with Crippen LogP contribution in [0.2, 0.25) is 0 Å². The number of pyridine rings is 3. The zero-order valence-corrected chi connectivity index (χ0v) is 47.3. The average molecular weight is 1230 g/mol. The molecular weight excluding hydrogens is 1180 g/mol. The van der Waals surface area contributed by atoms with Gasteiger partial charge in [0, 0.05) is 47.9 Å². The van der Waals surface area contributed by atoms with Gasteiger partial charge in [0.1, 0.15) is 5.75 Å². The molecule has 0 aliphatic carbocycles.